The quantitative estimate of drug-likeness (QED) is 0.835. The van der Waals surface area contributed by atoms with E-state index in [0.29, 0.717) is 30.9 Å². The molecule has 0 radical (unpaired) electrons. The summed E-state index contributed by atoms with van der Waals surface area (Å²) < 4.78 is 1.49. The molecule has 2 aromatic heterocycles. The summed E-state index contributed by atoms with van der Waals surface area (Å²) >= 11 is 0. The van der Waals surface area contributed by atoms with Crippen LogP contribution in [0.4, 0.5) is 0 Å². The molecule has 120 valence electrons. The summed E-state index contributed by atoms with van der Waals surface area (Å²) in [6, 6.07) is 0. The lowest BCUT2D eigenvalue weighted by Crippen LogP contribution is -2.40. The molecular weight excluding hydrogens is 294 g/mol. The van der Waals surface area contributed by atoms with E-state index >= 15 is 0 Å². The van der Waals surface area contributed by atoms with Crippen molar-refractivity contribution in [3.8, 4) is 0 Å². The molecule has 0 spiro atoms. The van der Waals surface area contributed by atoms with Gasteiger partial charge in [-0.15, -0.1) is 0 Å². The SMILES string of the molecule is Cn1cnc2c(c1=O)CCN(C(=O)c1n[nH]c3c1CCCC3)C2. The monoisotopic (exact) mass is 313 g/mol. The molecule has 1 aliphatic carbocycles. The van der Waals surface area contributed by atoms with Gasteiger partial charge >= 0.3 is 0 Å². The fourth-order valence-electron chi connectivity index (χ4n) is 3.50. The van der Waals surface area contributed by atoms with E-state index in [4.69, 9.17) is 0 Å². The average Bonchev–Trinajstić information content (AvgIpc) is 3.01. The van der Waals surface area contributed by atoms with Gasteiger partial charge in [0, 0.05) is 30.4 Å². The molecule has 0 unspecified atom stereocenters. The molecule has 1 N–H and O–H groups in total. The maximum atomic E-state index is 12.8. The van der Waals surface area contributed by atoms with Crippen LogP contribution >= 0.6 is 0 Å². The standard InChI is InChI=1S/C16H19N5O2/c1-20-9-17-13-8-21(7-6-11(13)15(20)22)16(23)14-10-4-2-3-5-12(10)18-19-14/h9H,2-8H2,1H3,(H,18,19). The van der Waals surface area contributed by atoms with Crippen LogP contribution in [0.25, 0.3) is 0 Å². The van der Waals surface area contributed by atoms with Gasteiger partial charge in [0.2, 0.25) is 0 Å². The Bertz CT molecular complexity index is 835. The number of nitrogens with zero attached hydrogens (tertiary/aromatic N) is 4. The third-order valence-electron chi connectivity index (χ3n) is 4.83. The number of fused-ring (bicyclic) bond motifs is 2. The predicted molar refractivity (Wildman–Crippen MR) is 83.2 cm³/mol. The van der Waals surface area contributed by atoms with E-state index in [9.17, 15) is 9.59 Å². The van der Waals surface area contributed by atoms with Crippen LogP contribution in [0.15, 0.2) is 11.1 Å². The van der Waals surface area contributed by atoms with Gasteiger partial charge < -0.3 is 9.47 Å². The third kappa shape index (κ3) is 2.27. The fraction of sp³-hybridized carbons (Fsp3) is 0.500. The van der Waals surface area contributed by atoms with E-state index in [1.165, 1.54) is 10.9 Å². The Morgan fingerprint density at radius 3 is 2.91 bits per heavy atom. The molecule has 1 aliphatic heterocycles. The number of aryl methyl sites for hydroxylation is 2. The molecule has 4 rings (SSSR count). The van der Waals surface area contributed by atoms with E-state index in [1.807, 2.05) is 0 Å². The van der Waals surface area contributed by atoms with Crippen LogP contribution in [-0.2, 0) is 32.9 Å². The molecule has 7 heteroatoms. The molecule has 0 saturated heterocycles. The normalized spacial score (nSPS) is 16.8. The zero-order chi connectivity index (χ0) is 16.0. The highest BCUT2D eigenvalue weighted by molar-refractivity contribution is 5.94. The molecule has 0 fully saturated rings. The van der Waals surface area contributed by atoms with Crippen molar-refractivity contribution in [2.75, 3.05) is 6.54 Å². The Hall–Kier alpha value is -2.44. The largest absolute Gasteiger partial charge is 0.331 e. The molecule has 7 nitrogen and oxygen atoms in total. The van der Waals surface area contributed by atoms with E-state index in [2.05, 4.69) is 15.2 Å². The Labute approximate surface area is 133 Å². The minimum Gasteiger partial charge on any atom is -0.331 e. The summed E-state index contributed by atoms with van der Waals surface area (Å²) in [6.07, 6.45) is 6.20. The Balaban J connectivity index is 1.62. The number of aromatic amines is 1. The van der Waals surface area contributed by atoms with Crippen LogP contribution in [0.3, 0.4) is 0 Å². The van der Waals surface area contributed by atoms with Gasteiger partial charge in [-0.25, -0.2) is 4.98 Å². The zero-order valence-corrected chi connectivity index (χ0v) is 13.1. The lowest BCUT2D eigenvalue weighted by molar-refractivity contribution is 0.0723. The smallest absolute Gasteiger partial charge is 0.275 e. The summed E-state index contributed by atoms with van der Waals surface area (Å²) in [5.74, 6) is -0.0578. The highest BCUT2D eigenvalue weighted by atomic mass is 16.2. The van der Waals surface area contributed by atoms with Crippen molar-refractivity contribution in [3.63, 3.8) is 0 Å². The van der Waals surface area contributed by atoms with Gasteiger partial charge in [0.1, 0.15) is 0 Å². The molecule has 0 atom stereocenters. The van der Waals surface area contributed by atoms with E-state index in [0.717, 1.165) is 42.5 Å². The maximum absolute atomic E-state index is 12.8. The van der Waals surface area contributed by atoms with Crippen molar-refractivity contribution in [2.45, 2.75) is 38.6 Å². The number of carbonyl (C=O) groups excluding carboxylic acids is 1. The van der Waals surface area contributed by atoms with Gasteiger partial charge in [-0.3, -0.25) is 14.7 Å². The zero-order valence-electron chi connectivity index (χ0n) is 13.1. The van der Waals surface area contributed by atoms with Crippen LogP contribution in [0, 0.1) is 0 Å². The van der Waals surface area contributed by atoms with Gasteiger partial charge in [0.05, 0.1) is 18.6 Å². The van der Waals surface area contributed by atoms with Gasteiger partial charge in [0.25, 0.3) is 11.5 Å². The number of nitrogens with one attached hydrogen (secondary N) is 1. The maximum Gasteiger partial charge on any atom is 0.275 e. The summed E-state index contributed by atoms with van der Waals surface area (Å²) in [5.41, 5.74) is 4.14. The highest BCUT2D eigenvalue weighted by Gasteiger charge is 2.29. The van der Waals surface area contributed by atoms with Crippen LogP contribution < -0.4 is 5.56 Å². The van der Waals surface area contributed by atoms with E-state index in [1.54, 1.807) is 11.9 Å². The molecule has 0 bridgehead atoms. The van der Waals surface area contributed by atoms with Gasteiger partial charge in [-0.1, -0.05) is 0 Å². The first-order valence-corrected chi connectivity index (χ1v) is 8.04. The third-order valence-corrected chi connectivity index (χ3v) is 4.83. The molecule has 3 heterocycles. The second kappa shape index (κ2) is 5.33. The number of amides is 1. The summed E-state index contributed by atoms with van der Waals surface area (Å²) in [7, 11) is 1.70. The van der Waals surface area contributed by atoms with Crippen molar-refractivity contribution >= 4 is 5.91 Å². The summed E-state index contributed by atoms with van der Waals surface area (Å²) in [6.45, 7) is 0.917. The van der Waals surface area contributed by atoms with E-state index < -0.39 is 0 Å². The first-order chi connectivity index (χ1) is 11.1. The van der Waals surface area contributed by atoms with Crippen molar-refractivity contribution in [1.82, 2.24) is 24.6 Å². The first-order valence-electron chi connectivity index (χ1n) is 8.04. The van der Waals surface area contributed by atoms with Crippen molar-refractivity contribution in [2.24, 2.45) is 7.05 Å². The minimum atomic E-state index is -0.0578. The molecule has 2 aromatic rings. The predicted octanol–water partition coefficient (Wildman–Crippen LogP) is 0.581. The van der Waals surface area contributed by atoms with Gasteiger partial charge in [-0.05, 0) is 32.1 Å². The van der Waals surface area contributed by atoms with Gasteiger partial charge in [-0.2, -0.15) is 5.10 Å². The number of hydrogen-bond donors (Lipinski definition) is 1. The molecule has 23 heavy (non-hydrogen) atoms. The van der Waals surface area contributed by atoms with Gasteiger partial charge in [0.15, 0.2) is 5.69 Å². The Morgan fingerprint density at radius 1 is 1.22 bits per heavy atom. The molecule has 1 amide bonds. The van der Waals surface area contributed by atoms with Crippen LogP contribution in [0.1, 0.15) is 45.8 Å². The second-order valence-corrected chi connectivity index (χ2v) is 6.30. The van der Waals surface area contributed by atoms with Crippen LogP contribution in [0.2, 0.25) is 0 Å². The molecule has 0 saturated carbocycles. The van der Waals surface area contributed by atoms with Crippen molar-refractivity contribution in [3.05, 3.63) is 44.9 Å². The number of H-pyrrole nitrogens is 1. The topological polar surface area (TPSA) is 83.9 Å². The number of rotatable bonds is 1. The van der Waals surface area contributed by atoms with E-state index in [-0.39, 0.29) is 11.5 Å². The summed E-state index contributed by atoms with van der Waals surface area (Å²) in [4.78, 5) is 31.0. The molecular formula is C16H19N5O2. The first kappa shape index (κ1) is 14.2. The van der Waals surface area contributed by atoms with Crippen molar-refractivity contribution < 1.29 is 4.79 Å². The molecule has 2 aliphatic rings. The highest BCUT2D eigenvalue weighted by Crippen LogP contribution is 2.24. The Kier molecular flexibility index (Phi) is 3.28. The number of hydrogen-bond acceptors (Lipinski definition) is 4. The second-order valence-electron chi connectivity index (χ2n) is 6.30. The number of aromatic nitrogens is 4. The number of carbonyl (C=O) groups is 1. The van der Waals surface area contributed by atoms with Crippen molar-refractivity contribution in [1.29, 1.82) is 0 Å². The Morgan fingerprint density at radius 2 is 2.04 bits per heavy atom. The summed E-state index contributed by atoms with van der Waals surface area (Å²) in [5, 5.41) is 7.27. The van der Waals surface area contributed by atoms with Crippen LogP contribution in [-0.4, -0.2) is 37.1 Å². The lowest BCUT2D eigenvalue weighted by Gasteiger charge is -2.27. The lowest BCUT2D eigenvalue weighted by atomic mass is 9.95. The minimum absolute atomic E-state index is 0.0146. The fourth-order valence-corrected chi connectivity index (χ4v) is 3.50. The average molecular weight is 313 g/mol. The van der Waals surface area contributed by atoms with Crippen LogP contribution in [0.5, 0.6) is 0 Å². The molecule has 0 aromatic carbocycles.